The molecule has 0 aromatic carbocycles. The number of carbonyl (C=O) groups is 1. The minimum Gasteiger partial charge on any atom is -0.462 e. The van der Waals surface area contributed by atoms with Crippen molar-refractivity contribution in [3.63, 3.8) is 0 Å². The van der Waals surface area contributed by atoms with Gasteiger partial charge in [0.15, 0.2) is 0 Å². The molecule has 0 aromatic heterocycles. The van der Waals surface area contributed by atoms with Crippen LogP contribution in [-0.4, -0.2) is 40.4 Å². The Morgan fingerprint density at radius 2 is 2.00 bits per heavy atom. The number of aliphatic hydroxyl groups is 2. The fourth-order valence-corrected chi connectivity index (χ4v) is 4.46. The molecule has 0 amide bonds. The van der Waals surface area contributed by atoms with Crippen molar-refractivity contribution in [3.8, 4) is 0 Å². The molecule has 1 saturated heterocycles. The van der Waals surface area contributed by atoms with Gasteiger partial charge in [-0.1, -0.05) is 32.6 Å². The third kappa shape index (κ3) is 5.88. The standard InChI is InChI=1S/C20H34F2O4/c1-2-3-12-20(21,22)18(24)11-10-14-15-8-6-4-5-7-9-19(25)26-17(15)13-16(14)23/h14-18,23-24H,2-13H2,1H3/t14-,15-,16-,17+,18-/m1/s1. The Kier molecular flexibility index (Phi) is 8.27. The molecule has 0 aromatic rings. The zero-order chi connectivity index (χ0) is 19.2. The predicted octanol–water partition coefficient (Wildman–Crippen LogP) is 4.22. The molecule has 1 saturated carbocycles. The third-order valence-corrected chi connectivity index (χ3v) is 6.07. The number of carbonyl (C=O) groups excluding carboxylic acids is 1. The Morgan fingerprint density at radius 1 is 1.27 bits per heavy atom. The molecule has 0 spiro atoms. The number of fused-ring (bicyclic) bond motifs is 1. The summed E-state index contributed by atoms with van der Waals surface area (Å²) in [6.45, 7) is 1.85. The lowest BCUT2D eigenvalue weighted by atomic mass is 9.84. The van der Waals surface area contributed by atoms with E-state index in [4.69, 9.17) is 4.74 Å². The minimum absolute atomic E-state index is 0.00325. The molecule has 0 radical (unpaired) electrons. The summed E-state index contributed by atoms with van der Waals surface area (Å²) in [5.74, 6) is -3.49. The maximum absolute atomic E-state index is 14.0. The van der Waals surface area contributed by atoms with Gasteiger partial charge in [0, 0.05) is 25.2 Å². The van der Waals surface area contributed by atoms with E-state index in [0.29, 0.717) is 32.1 Å². The summed E-state index contributed by atoms with van der Waals surface area (Å²) in [5, 5.41) is 20.4. The first-order valence-corrected chi connectivity index (χ1v) is 10.3. The predicted molar refractivity (Wildman–Crippen MR) is 94.9 cm³/mol. The van der Waals surface area contributed by atoms with Gasteiger partial charge in [0.05, 0.1) is 6.10 Å². The number of alkyl halides is 2. The number of hydrogen-bond donors (Lipinski definition) is 2. The van der Waals surface area contributed by atoms with Crippen molar-refractivity contribution >= 4 is 5.97 Å². The second-order valence-electron chi connectivity index (χ2n) is 8.07. The maximum Gasteiger partial charge on any atom is 0.306 e. The summed E-state index contributed by atoms with van der Waals surface area (Å²) < 4.78 is 33.6. The molecule has 5 atom stereocenters. The summed E-state index contributed by atoms with van der Waals surface area (Å²) in [6.07, 6.45) is 3.88. The lowest BCUT2D eigenvalue weighted by molar-refractivity contribution is -0.151. The van der Waals surface area contributed by atoms with Gasteiger partial charge >= 0.3 is 5.97 Å². The molecule has 2 fully saturated rings. The SMILES string of the molecule is CCCCC(F)(F)[C@H](O)CC[C@@H]1[C@H]2CCCCCCC(=O)O[C@H]2C[C@H]1O. The molecule has 2 aliphatic rings. The van der Waals surface area contributed by atoms with Crippen LogP contribution in [0.15, 0.2) is 0 Å². The van der Waals surface area contributed by atoms with Crippen molar-refractivity contribution in [1.29, 1.82) is 0 Å². The fraction of sp³-hybridized carbons (Fsp3) is 0.950. The normalized spacial score (nSPS) is 32.0. The molecule has 2 N–H and O–H groups in total. The van der Waals surface area contributed by atoms with E-state index < -0.39 is 18.1 Å². The van der Waals surface area contributed by atoms with Crippen LogP contribution >= 0.6 is 0 Å². The smallest absolute Gasteiger partial charge is 0.306 e. The van der Waals surface area contributed by atoms with Crippen molar-refractivity contribution in [2.75, 3.05) is 0 Å². The molecule has 0 unspecified atom stereocenters. The second-order valence-corrected chi connectivity index (χ2v) is 8.07. The van der Waals surface area contributed by atoms with E-state index in [0.717, 1.165) is 32.1 Å². The van der Waals surface area contributed by atoms with Crippen LogP contribution in [0.25, 0.3) is 0 Å². The molecule has 6 heteroatoms. The fourth-order valence-electron chi connectivity index (χ4n) is 4.46. The Balaban J connectivity index is 1.95. The van der Waals surface area contributed by atoms with Crippen LogP contribution in [0.2, 0.25) is 0 Å². The number of esters is 1. The molecule has 1 aliphatic carbocycles. The van der Waals surface area contributed by atoms with Crippen molar-refractivity contribution in [3.05, 3.63) is 0 Å². The second kappa shape index (κ2) is 9.98. The number of ether oxygens (including phenoxy) is 1. The zero-order valence-corrected chi connectivity index (χ0v) is 15.8. The quantitative estimate of drug-likeness (QED) is 0.653. The highest BCUT2D eigenvalue weighted by Crippen LogP contribution is 2.42. The number of hydrogen-bond acceptors (Lipinski definition) is 4. The molecule has 2 rings (SSSR count). The van der Waals surface area contributed by atoms with Gasteiger partial charge in [-0.15, -0.1) is 0 Å². The van der Waals surface area contributed by atoms with Crippen molar-refractivity contribution in [2.24, 2.45) is 11.8 Å². The van der Waals surface area contributed by atoms with Gasteiger partial charge in [-0.25, -0.2) is 8.78 Å². The molecule has 1 heterocycles. The third-order valence-electron chi connectivity index (χ3n) is 6.07. The summed E-state index contributed by atoms with van der Waals surface area (Å²) in [6, 6.07) is 0. The molecule has 0 bridgehead atoms. The van der Waals surface area contributed by atoms with Crippen LogP contribution in [0.4, 0.5) is 8.78 Å². The Morgan fingerprint density at radius 3 is 2.73 bits per heavy atom. The topological polar surface area (TPSA) is 66.8 Å². The van der Waals surface area contributed by atoms with Crippen LogP contribution in [0.5, 0.6) is 0 Å². The van der Waals surface area contributed by atoms with E-state index in [2.05, 4.69) is 0 Å². The van der Waals surface area contributed by atoms with Crippen molar-refractivity contribution in [1.82, 2.24) is 0 Å². The molecule has 26 heavy (non-hydrogen) atoms. The molecular formula is C20H34F2O4. The lowest BCUT2D eigenvalue weighted by Gasteiger charge is -2.28. The largest absolute Gasteiger partial charge is 0.462 e. The molecule has 4 nitrogen and oxygen atoms in total. The minimum atomic E-state index is -3.08. The monoisotopic (exact) mass is 376 g/mol. The van der Waals surface area contributed by atoms with E-state index in [1.165, 1.54) is 0 Å². The Hall–Kier alpha value is -0.750. The Bertz CT molecular complexity index is 444. The van der Waals surface area contributed by atoms with E-state index in [-0.39, 0.29) is 36.8 Å². The first-order valence-electron chi connectivity index (χ1n) is 10.3. The van der Waals surface area contributed by atoms with Gasteiger partial charge in [0.2, 0.25) is 0 Å². The highest BCUT2D eigenvalue weighted by Gasteiger charge is 2.45. The first kappa shape index (κ1) is 21.5. The van der Waals surface area contributed by atoms with E-state index in [1.54, 1.807) is 0 Å². The van der Waals surface area contributed by atoms with E-state index in [1.807, 2.05) is 6.92 Å². The maximum atomic E-state index is 14.0. The van der Waals surface area contributed by atoms with Crippen LogP contribution in [0, 0.1) is 11.8 Å². The highest BCUT2D eigenvalue weighted by molar-refractivity contribution is 5.69. The first-order chi connectivity index (χ1) is 12.3. The average molecular weight is 376 g/mol. The van der Waals surface area contributed by atoms with Gasteiger partial charge in [-0.3, -0.25) is 4.79 Å². The van der Waals surface area contributed by atoms with Gasteiger partial charge < -0.3 is 14.9 Å². The van der Waals surface area contributed by atoms with Crippen LogP contribution in [0.1, 0.15) is 84.0 Å². The van der Waals surface area contributed by atoms with Gasteiger partial charge in [0.25, 0.3) is 5.92 Å². The van der Waals surface area contributed by atoms with E-state index >= 15 is 0 Å². The van der Waals surface area contributed by atoms with Crippen molar-refractivity contribution in [2.45, 2.75) is 108 Å². The van der Waals surface area contributed by atoms with Gasteiger partial charge in [-0.05, 0) is 38.0 Å². The van der Waals surface area contributed by atoms with Crippen LogP contribution < -0.4 is 0 Å². The summed E-state index contributed by atoms with van der Waals surface area (Å²) >= 11 is 0. The van der Waals surface area contributed by atoms with Crippen LogP contribution in [-0.2, 0) is 9.53 Å². The zero-order valence-electron chi connectivity index (χ0n) is 15.8. The summed E-state index contributed by atoms with van der Waals surface area (Å²) in [4.78, 5) is 11.9. The summed E-state index contributed by atoms with van der Waals surface area (Å²) in [5.41, 5.74) is 0. The van der Waals surface area contributed by atoms with E-state index in [9.17, 15) is 23.8 Å². The van der Waals surface area contributed by atoms with Gasteiger partial charge in [-0.2, -0.15) is 0 Å². The number of rotatable bonds is 7. The highest BCUT2D eigenvalue weighted by atomic mass is 19.3. The number of unbranched alkanes of at least 4 members (excludes halogenated alkanes) is 1. The number of halogens is 2. The van der Waals surface area contributed by atoms with Crippen LogP contribution in [0.3, 0.4) is 0 Å². The Labute approximate surface area is 155 Å². The number of aliphatic hydroxyl groups excluding tert-OH is 2. The van der Waals surface area contributed by atoms with Crippen molar-refractivity contribution < 1.29 is 28.5 Å². The molecular weight excluding hydrogens is 342 g/mol. The average Bonchev–Trinajstić information content (AvgIpc) is 2.88. The molecule has 152 valence electrons. The van der Waals surface area contributed by atoms with Gasteiger partial charge in [0.1, 0.15) is 12.2 Å². The summed E-state index contributed by atoms with van der Waals surface area (Å²) in [7, 11) is 0. The molecule has 1 aliphatic heterocycles. The lowest BCUT2D eigenvalue weighted by Crippen LogP contribution is -2.35.